The number of hydrogen-bond donors (Lipinski definition) is 2. The number of carbonyl (C=O) groups is 2. The van der Waals surface area contributed by atoms with Gasteiger partial charge in [-0.05, 0) is 23.8 Å². The van der Waals surface area contributed by atoms with E-state index in [2.05, 4.69) is 10.6 Å². The Kier molecular flexibility index (Phi) is 5.68. The van der Waals surface area contributed by atoms with Crippen molar-refractivity contribution < 1.29 is 18.7 Å². The number of methoxy groups -OCH3 is 1. The number of anilines is 1. The monoisotopic (exact) mass is 408 g/mol. The van der Waals surface area contributed by atoms with Crippen LogP contribution in [0.1, 0.15) is 17.9 Å². The zero-order valence-electron chi connectivity index (χ0n) is 14.2. The van der Waals surface area contributed by atoms with Crippen LogP contribution in [0.5, 0.6) is 5.75 Å². The molecule has 0 aromatic heterocycles. The Morgan fingerprint density at radius 3 is 2.74 bits per heavy atom. The highest BCUT2D eigenvalue weighted by Crippen LogP contribution is 2.36. The van der Waals surface area contributed by atoms with Crippen LogP contribution in [-0.4, -0.2) is 18.9 Å². The van der Waals surface area contributed by atoms with Gasteiger partial charge in [0.25, 0.3) is 5.91 Å². The van der Waals surface area contributed by atoms with Gasteiger partial charge in [-0.2, -0.15) is 0 Å². The second-order valence-corrected chi connectivity index (χ2v) is 6.71. The summed E-state index contributed by atoms with van der Waals surface area (Å²) < 4.78 is 18.7. The van der Waals surface area contributed by atoms with Crippen molar-refractivity contribution >= 4 is 40.7 Å². The number of ether oxygens (including phenoxy) is 1. The molecule has 3 rings (SSSR count). The molecule has 5 nitrogen and oxygen atoms in total. The Hall–Kier alpha value is -2.57. The summed E-state index contributed by atoms with van der Waals surface area (Å²) in [5, 5.41) is 5.75. The topological polar surface area (TPSA) is 67.4 Å². The molecule has 0 spiro atoms. The third-order valence-corrected chi connectivity index (χ3v) is 4.76. The molecule has 2 N–H and O–H groups in total. The van der Waals surface area contributed by atoms with Crippen molar-refractivity contribution in [3.05, 3.63) is 69.6 Å². The molecule has 0 saturated heterocycles. The minimum atomic E-state index is -0.581. The predicted molar refractivity (Wildman–Crippen MR) is 102 cm³/mol. The molecule has 0 bridgehead atoms. The second kappa shape index (κ2) is 7.98. The molecule has 2 aromatic carbocycles. The Bertz CT molecular complexity index is 947. The van der Waals surface area contributed by atoms with Crippen LogP contribution < -0.4 is 15.4 Å². The third kappa shape index (κ3) is 4.23. The largest absolute Gasteiger partial charge is 0.495 e. The smallest absolute Gasteiger partial charge is 0.253 e. The number of hydrogen-bond acceptors (Lipinski definition) is 3. The van der Waals surface area contributed by atoms with Gasteiger partial charge in [-0.3, -0.25) is 9.59 Å². The van der Waals surface area contributed by atoms with Crippen LogP contribution in [0, 0.1) is 5.82 Å². The first-order chi connectivity index (χ1) is 12.9. The fourth-order valence-electron chi connectivity index (χ4n) is 2.83. The maximum absolute atomic E-state index is 13.6. The highest BCUT2D eigenvalue weighted by atomic mass is 35.5. The van der Waals surface area contributed by atoms with E-state index in [1.165, 1.54) is 43.6 Å². The van der Waals surface area contributed by atoms with Gasteiger partial charge in [0.1, 0.15) is 11.6 Å². The van der Waals surface area contributed by atoms with Crippen molar-refractivity contribution in [1.29, 1.82) is 0 Å². The third-order valence-electron chi connectivity index (χ3n) is 4.16. The zero-order chi connectivity index (χ0) is 19.6. The predicted octanol–water partition coefficient (Wildman–Crippen LogP) is 4.27. The summed E-state index contributed by atoms with van der Waals surface area (Å²) in [6, 6.07) is 8.78. The molecule has 1 atom stereocenters. The summed E-state index contributed by atoms with van der Waals surface area (Å²) >= 11 is 12.1. The van der Waals surface area contributed by atoms with Crippen LogP contribution in [-0.2, 0) is 9.59 Å². The fourth-order valence-corrected chi connectivity index (χ4v) is 3.34. The molecule has 1 aliphatic rings. The van der Waals surface area contributed by atoms with Crippen LogP contribution >= 0.6 is 23.2 Å². The number of carbonyl (C=O) groups excluding carboxylic acids is 2. The molecule has 27 heavy (non-hydrogen) atoms. The zero-order valence-corrected chi connectivity index (χ0v) is 15.7. The lowest BCUT2D eigenvalue weighted by atomic mass is 9.86. The molecule has 140 valence electrons. The van der Waals surface area contributed by atoms with Gasteiger partial charge in [-0.25, -0.2) is 4.39 Å². The average molecular weight is 409 g/mol. The Morgan fingerprint density at radius 2 is 2.04 bits per heavy atom. The van der Waals surface area contributed by atoms with Gasteiger partial charge in [-0.15, -0.1) is 0 Å². The van der Waals surface area contributed by atoms with Gasteiger partial charge in [0.2, 0.25) is 5.91 Å². The molecule has 0 radical (unpaired) electrons. The van der Waals surface area contributed by atoms with E-state index < -0.39 is 17.6 Å². The lowest BCUT2D eigenvalue weighted by Crippen LogP contribution is -2.32. The van der Waals surface area contributed by atoms with Crippen LogP contribution in [0.3, 0.4) is 0 Å². The van der Waals surface area contributed by atoms with E-state index in [1.807, 2.05) is 0 Å². The first kappa shape index (κ1) is 19.2. The molecule has 0 saturated carbocycles. The molecule has 2 amide bonds. The first-order valence-corrected chi connectivity index (χ1v) is 8.74. The molecule has 2 aromatic rings. The molecule has 0 fully saturated rings. The summed E-state index contributed by atoms with van der Waals surface area (Å²) in [6.45, 7) is 0. The van der Waals surface area contributed by atoms with E-state index in [4.69, 9.17) is 27.9 Å². The number of rotatable bonds is 4. The van der Waals surface area contributed by atoms with Crippen LogP contribution in [0.2, 0.25) is 10.0 Å². The molecular formula is C19H15Cl2FN2O3. The molecule has 1 heterocycles. The van der Waals surface area contributed by atoms with Gasteiger partial charge in [0, 0.05) is 30.2 Å². The van der Waals surface area contributed by atoms with E-state index in [9.17, 15) is 14.0 Å². The number of nitrogens with one attached hydrogen (secondary N) is 2. The Balaban J connectivity index is 1.91. The highest BCUT2D eigenvalue weighted by Gasteiger charge is 2.29. The van der Waals surface area contributed by atoms with Crippen molar-refractivity contribution in [3.8, 4) is 5.75 Å². The maximum atomic E-state index is 13.6. The molecule has 8 heteroatoms. The summed E-state index contributed by atoms with van der Waals surface area (Å²) in [5.41, 5.74) is 1.12. The maximum Gasteiger partial charge on any atom is 0.253 e. The number of amides is 2. The van der Waals surface area contributed by atoms with Gasteiger partial charge < -0.3 is 15.4 Å². The summed E-state index contributed by atoms with van der Waals surface area (Å²) in [4.78, 5) is 24.6. The van der Waals surface area contributed by atoms with E-state index in [-0.39, 0.29) is 22.9 Å². The lowest BCUT2D eigenvalue weighted by molar-refractivity contribution is -0.121. The summed E-state index contributed by atoms with van der Waals surface area (Å²) in [6.07, 6.45) is 1.36. The van der Waals surface area contributed by atoms with Gasteiger partial charge >= 0.3 is 0 Å². The van der Waals surface area contributed by atoms with Crippen molar-refractivity contribution in [2.45, 2.75) is 12.3 Å². The van der Waals surface area contributed by atoms with E-state index in [0.717, 1.165) is 0 Å². The summed E-state index contributed by atoms with van der Waals surface area (Å²) in [7, 11) is 1.44. The molecule has 1 aliphatic heterocycles. The quantitative estimate of drug-likeness (QED) is 0.793. The molecule has 1 unspecified atom stereocenters. The Labute approximate surface area is 165 Å². The number of halogens is 3. The molecular weight excluding hydrogens is 394 g/mol. The van der Waals surface area contributed by atoms with Gasteiger partial charge in [-0.1, -0.05) is 35.3 Å². The average Bonchev–Trinajstić information content (AvgIpc) is 2.63. The van der Waals surface area contributed by atoms with Gasteiger partial charge in [0.15, 0.2) is 0 Å². The van der Waals surface area contributed by atoms with E-state index in [1.54, 1.807) is 6.07 Å². The SMILES string of the molecule is COc1cc(NC(=O)C2=CNC(=O)CC2c2cccc(F)c2)c(Cl)cc1Cl. The van der Waals surface area contributed by atoms with Crippen molar-refractivity contribution in [3.63, 3.8) is 0 Å². The first-order valence-electron chi connectivity index (χ1n) is 7.98. The van der Waals surface area contributed by atoms with Crippen LogP contribution in [0.4, 0.5) is 10.1 Å². The molecule has 0 aliphatic carbocycles. The minimum absolute atomic E-state index is 0.0282. The van der Waals surface area contributed by atoms with E-state index >= 15 is 0 Å². The standard InChI is InChI=1S/C19H15Cl2FN2O3/c1-27-17-8-16(14(20)7-15(17)21)24-19(26)13-9-23-18(25)6-12(13)10-3-2-4-11(22)5-10/h2-5,7-9,12H,6H2,1H3,(H,23,25)(H,24,26). The van der Waals surface area contributed by atoms with Gasteiger partial charge in [0.05, 0.1) is 22.8 Å². The van der Waals surface area contributed by atoms with Crippen LogP contribution in [0.25, 0.3) is 0 Å². The Morgan fingerprint density at radius 1 is 1.26 bits per heavy atom. The van der Waals surface area contributed by atoms with Crippen LogP contribution in [0.15, 0.2) is 48.2 Å². The van der Waals surface area contributed by atoms with E-state index in [0.29, 0.717) is 22.0 Å². The minimum Gasteiger partial charge on any atom is -0.495 e. The fraction of sp³-hybridized carbons (Fsp3) is 0.158. The van der Waals surface area contributed by atoms with Crippen molar-refractivity contribution in [2.24, 2.45) is 0 Å². The van der Waals surface area contributed by atoms with Crippen molar-refractivity contribution in [2.75, 3.05) is 12.4 Å². The second-order valence-electron chi connectivity index (χ2n) is 5.90. The summed E-state index contributed by atoms with van der Waals surface area (Å²) in [5.74, 6) is -1.40. The highest BCUT2D eigenvalue weighted by molar-refractivity contribution is 6.37. The normalized spacial score (nSPS) is 16.4. The lowest BCUT2D eigenvalue weighted by Gasteiger charge is -2.24. The van der Waals surface area contributed by atoms with Crippen molar-refractivity contribution in [1.82, 2.24) is 5.32 Å². The number of benzene rings is 2.